The standard InChI is InChI=1S/C14H15ClN2O3/c1-17(2)16-8-10-4-6-13(20-10)9-3-5-12(15)11(7-9)14(18)19/h3-7,16H,8H2,1-2H3,(H,18,19). The number of hydrogen-bond donors (Lipinski definition) is 2. The Bertz CT molecular complexity index is 623. The minimum atomic E-state index is -1.06. The van der Waals surface area contributed by atoms with Crippen LogP contribution in [0.25, 0.3) is 11.3 Å². The second kappa shape index (κ2) is 6.09. The molecule has 0 spiro atoms. The smallest absolute Gasteiger partial charge is 0.337 e. The first kappa shape index (κ1) is 14.6. The number of halogens is 1. The van der Waals surface area contributed by atoms with Crippen LogP contribution in [-0.2, 0) is 6.54 Å². The van der Waals surface area contributed by atoms with Crippen LogP contribution in [0.5, 0.6) is 0 Å². The molecule has 1 heterocycles. The van der Waals surface area contributed by atoms with Crippen molar-refractivity contribution in [3.8, 4) is 11.3 Å². The van der Waals surface area contributed by atoms with Gasteiger partial charge >= 0.3 is 5.97 Å². The predicted octanol–water partition coefficient (Wildman–Crippen LogP) is 2.86. The van der Waals surface area contributed by atoms with Gasteiger partial charge in [0.05, 0.1) is 17.1 Å². The first-order valence-electron chi connectivity index (χ1n) is 6.00. The van der Waals surface area contributed by atoms with Gasteiger partial charge in [-0.2, -0.15) is 0 Å². The van der Waals surface area contributed by atoms with E-state index in [1.165, 1.54) is 6.07 Å². The molecule has 2 N–H and O–H groups in total. The summed E-state index contributed by atoms with van der Waals surface area (Å²) in [6, 6.07) is 8.45. The van der Waals surface area contributed by atoms with E-state index >= 15 is 0 Å². The Morgan fingerprint density at radius 1 is 1.35 bits per heavy atom. The van der Waals surface area contributed by atoms with Crippen molar-refractivity contribution in [3.05, 3.63) is 46.7 Å². The van der Waals surface area contributed by atoms with E-state index < -0.39 is 5.97 Å². The van der Waals surface area contributed by atoms with E-state index in [1.54, 1.807) is 12.1 Å². The summed E-state index contributed by atoms with van der Waals surface area (Å²) in [5.41, 5.74) is 3.84. The third kappa shape index (κ3) is 3.39. The van der Waals surface area contributed by atoms with Crippen LogP contribution in [0.3, 0.4) is 0 Å². The van der Waals surface area contributed by atoms with Crippen LogP contribution < -0.4 is 5.43 Å². The number of rotatable bonds is 5. The lowest BCUT2D eigenvalue weighted by atomic mass is 10.1. The molecule has 0 saturated carbocycles. The lowest BCUT2D eigenvalue weighted by Crippen LogP contribution is -2.29. The maximum Gasteiger partial charge on any atom is 0.337 e. The monoisotopic (exact) mass is 294 g/mol. The van der Waals surface area contributed by atoms with Crippen molar-refractivity contribution in [1.29, 1.82) is 0 Å². The minimum Gasteiger partial charge on any atom is -0.478 e. The zero-order valence-electron chi connectivity index (χ0n) is 11.2. The van der Waals surface area contributed by atoms with Crippen LogP contribution in [0.2, 0.25) is 5.02 Å². The molecule has 20 heavy (non-hydrogen) atoms. The number of carbonyl (C=O) groups is 1. The fraction of sp³-hybridized carbons (Fsp3) is 0.214. The normalized spacial score (nSPS) is 11.0. The number of furan rings is 1. The van der Waals surface area contributed by atoms with Gasteiger partial charge in [-0.05, 0) is 30.3 Å². The van der Waals surface area contributed by atoms with Crippen LogP contribution in [0.1, 0.15) is 16.1 Å². The summed E-state index contributed by atoms with van der Waals surface area (Å²) in [7, 11) is 3.78. The molecule has 0 atom stereocenters. The molecule has 2 aromatic rings. The molecule has 5 nitrogen and oxygen atoms in total. The number of nitrogens with zero attached hydrogens (tertiary/aromatic N) is 1. The van der Waals surface area contributed by atoms with Gasteiger partial charge < -0.3 is 9.52 Å². The third-order valence-corrected chi connectivity index (χ3v) is 3.04. The van der Waals surface area contributed by atoms with Crippen LogP contribution in [0.15, 0.2) is 34.7 Å². The van der Waals surface area contributed by atoms with Crippen molar-refractivity contribution >= 4 is 17.6 Å². The molecule has 106 valence electrons. The summed E-state index contributed by atoms with van der Waals surface area (Å²) in [5, 5.41) is 11.1. The predicted molar refractivity (Wildman–Crippen MR) is 76.6 cm³/mol. The summed E-state index contributed by atoms with van der Waals surface area (Å²) in [5.74, 6) is 0.318. The molecular weight excluding hydrogens is 280 g/mol. The molecule has 0 aliphatic heterocycles. The first-order chi connectivity index (χ1) is 9.47. The van der Waals surface area contributed by atoms with Gasteiger partial charge in [0, 0.05) is 19.7 Å². The maximum absolute atomic E-state index is 11.1. The quantitative estimate of drug-likeness (QED) is 0.830. The van der Waals surface area contributed by atoms with Gasteiger partial charge in [-0.1, -0.05) is 11.6 Å². The maximum atomic E-state index is 11.1. The number of carboxylic acid groups (broad SMARTS) is 1. The molecule has 1 aromatic heterocycles. The highest BCUT2D eigenvalue weighted by atomic mass is 35.5. The molecule has 0 amide bonds. The van der Waals surface area contributed by atoms with Gasteiger partial charge in [-0.25, -0.2) is 10.2 Å². The zero-order chi connectivity index (χ0) is 14.7. The van der Waals surface area contributed by atoms with Crippen LogP contribution in [0.4, 0.5) is 0 Å². The fourth-order valence-electron chi connectivity index (χ4n) is 1.71. The van der Waals surface area contributed by atoms with Crippen molar-refractivity contribution in [1.82, 2.24) is 10.4 Å². The van der Waals surface area contributed by atoms with Crippen LogP contribution in [0, 0.1) is 0 Å². The highest BCUT2D eigenvalue weighted by Crippen LogP contribution is 2.26. The molecule has 0 radical (unpaired) electrons. The van der Waals surface area contributed by atoms with E-state index in [4.69, 9.17) is 21.1 Å². The first-order valence-corrected chi connectivity index (χ1v) is 6.38. The van der Waals surface area contributed by atoms with E-state index in [9.17, 15) is 4.79 Å². The van der Waals surface area contributed by atoms with E-state index in [0.29, 0.717) is 17.9 Å². The molecule has 0 fully saturated rings. The average molecular weight is 295 g/mol. The molecule has 1 aromatic carbocycles. The molecule has 6 heteroatoms. The van der Waals surface area contributed by atoms with Crippen molar-refractivity contribution in [3.63, 3.8) is 0 Å². The van der Waals surface area contributed by atoms with Gasteiger partial charge in [-0.3, -0.25) is 5.01 Å². The van der Waals surface area contributed by atoms with Gasteiger partial charge in [0.15, 0.2) is 0 Å². The second-order valence-electron chi connectivity index (χ2n) is 4.50. The van der Waals surface area contributed by atoms with Crippen LogP contribution in [-0.4, -0.2) is 30.2 Å². The van der Waals surface area contributed by atoms with E-state index in [-0.39, 0.29) is 10.6 Å². The van der Waals surface area contributed by atoms with Crippen molar-refractivity contribution < 1.29 is 14.3 Å². The topological polar surface area (TPSA) is 65.7 Å². The Kier molecular flexibility index (Phi) is 4.44. The van der Waals surface area contributed by atoms with Gasteiger partial charge in [0.2, 0.25) is 0 Å². The molecule has 0 aliphatic carbocycles. The number of nitrogens with one attached hydrogen (secondary N) is 1. The van der Waals surface area contributed by atoms with Crippen molar-refractivity contribution in [2.24, 2.45) is 0 Å². The largest absolute Gasteiger partial charge is 0.478 e. The van der Waals surface area contributed by atoms with Crippen molar-refractivity contribution in [2.45, 2.75) is 6.54 Å². The molecule has 0 aliphatic rings. The molecule has 0 unspecified atom stereocenters. The Labute approximate surface area is 121 Å². The minimum absolute atomic E-state index is 0.0635. The summed E-state index contributed by atoms with van der Waals surface area (Å²) in [6.45, 7) is 0.562. The van der Waals surface area contributed by atoms with Crippen LogP contribution >= 0.6 is 11.6 Å². The number of aromatic carboxylic acids is 1. The molecule has 0 saturated heterocycles. The molecule has 0 bridgehead atoms. The van der Waals surface area contributed by atoms with E-state index in [1.807, 2.05) is 31.2 Å². The lowest BCUT2D eigenvalue weighted by Gasteiger charge is -2.09. The zero-order valence-corrected chi connectivity index (χ0v) is 11.9. The molecular formula is C14H15ClN2O3. The third-order valence-electron chi connectivity index (χ3n) is 2.71. The molecule has 2 rings (SSSR count). The highest BCUT2D eigenvalue weighted by Gasteiger charge is 2.12. The number of benzene rings is 1. The van der Waals surface area contributed by atoms with E-state index in [2.05, 4.69) is 5.43 Å². The summed E-state index contributed by atoms with van der Waals surface area (Å²) in [4.78, 5) is 11.1. The Morgan fingerprint density at radius 3 is 2.75 bits per heavy atom. The fourth-order valence-corrected chi connectivity index (χ4v) is 1.90. The Hall–Kier alpha value is -1.82. The number of carboxylic acids is 1. The Balaban J connectivity index is 2.24. The number of hydrogen-bond acceptors (Lipinski definition) is 4. The van der Waals surface area contributed by atoms with Gasteiger partial charge in [-0.15, -0.1) is 0 Å². The van der Waals surface area contributed by atoms with E-state index in [0.717, 1.165) is 5.76 Å². The summed E-state index contributed by atoms with van der Waals surface area (Å²) in [6.07, 6.45) is 0. The summed E-state index contributed by atoms with van der Waals surface area (Å²) >= 11 is 5.84. The average Bonchev–Trinajstić information content (AvgIpc) is 2.85. The second-order valence-corrected chi connectivity index (χ2v) is 4.90. The Morgan fingerprint density at radius 2 is 2.10 bits per heavy atom. The number of hydrazine groups is 1. The van der Waals surface area contributed by atoms with Crippen molar-refractivity contribution in [2.75, 3.05) is 14.1 Å². The van der Waals surface area contributed by atoms with Gasteiger partial charge in [0.25, 0.3) is 0 Å². The van der Waals surface area contributed by atoms with Gasteiger partial charge in [0.1, 0.15) is 11.5 Å². The lowest BCUT2D eigenvalue weighted by molar-refractivity contribution is 0.0697. The SMILES string of the molecule is CN(C)NCc1ccc(-c2ccc(Cl)c(C(=O)O)c2)o1. The summed E-state index contributed by atoms with van der Waals surface area (Å²) < 4.78 is 5.67. The highest BCUT2D eigenvalue weighted by molar-refractivity contribution is 6.33.